The summed E-state index contributed by atoms with van der Waals surface area (Å²) in [4.78, 5) is 0.0111. The third kappa shape index (κ3) is 3.54. The summed E-state index contributed by atoms with van der Waals surface area (Å²) in [5.74, 6) is 0.979. The van der Waals surface area contributed by atoms with Gasteiger partial charge in [-0.1, -0.05) is 0 Å². The third-order valence-electron chi connectivity index (χ3n) is 4.12. The first-order chi connectivity index (χ1) is 12.7. The van der Waals surface area contributed by atoms with Crippen LogP contribution in [0.4, 0.5) is 5.69 Å². The highest BCUT2D eigenvalue weighted by atomic mass is 32.2. The van der Waals surface area contributed by atoms with Gasteiger partial charge in [-0.3, -0.25) is 4.31 Å². The molecule has 0 radical (unpaired) electrons. The van der Waals surface area contributed by atoms with Crippen molar-refractivity contribution in [1.82, 2.24) is 0 Å². The molecule has 146 valence electrons. The van der Waals surface area contributed by atoms with Crippen molar-refractivity contribution in [3.63, 3.8) is 0 Å². The monoisotopic (exact) mass is 413 g/mol. The molecule has 27 heavy (non-hydrogen) atoms. The smallest absolute Gasteiger partial charge is 0.264 e. The number of hydrogen-bond acceptors (Lipinski definition) is 7. The first kappa shape index (κ1) is 19.3. The molecule has 0 atom stereocenters. The van der Waals surface area contributed by atoms with Crippen molar-refractivity contribution in [2.45, 2.75) is 9.79 Å². The summed E-state index contributed by atoms with van der Waals surface area (Å²) in [6.45, 7) is 0.203. The van der Waals surface area contributed by atoms with Crippen LogP contribution in [-0.2, 0) is 19.9 Å². The maximum Gasteiger partial charge on any atom is 0.264 e. The van der Waals surface area contributed by atoms with E-state index in [-0.39, 0.29) is 34.4 Å². The lowest BCUT2D eigenvalue weighted by atomic mass is 10.2. The van der Waals surface area contributed by atoms with Crippen molar-refractivity contribution < 1.29 is 31.0 Å². The minimum atomic E-state index is -3.97. The summed E-state index contributed by atoms with van der Waals surface area (Å²) in [6, 6.07) is 8.43. The number of sulfone groups is 1. The van der Waals surface area contributed by atoms with Crippen LogP contribution in [0.1, 0.15) is 0 Å². The first-order valence-electron chi connectivity index (χ1n) is 7.90. The molecule has 3 rings (SSSR count). The summed E-state index contributed by atoms with van der Waals surface area (Å²) in [6.07, 6.45) is 1.06. The van der Waals surface area contributed by atoms with Gasteiger partial charge >= 0.3 is 0 Å². The molecule has 0 saturated carbocycles. The quantitative estimate of drug-likeness (QED) is 0.735. The first-order valence-corrected chi connectivity index (χ1v) is 11.2. The lowest BCUT2D eigenvalue weighted by molar-refractivity contribution is 0.315. The zero-order valence-electron chi connectivity index (χ0n) is 15.0. The molecule has 8 nitrogen and oxygen atoms in total. The number of fused-ring (bicyclic) bond motifs is 1. The van der Waals surface area contributed by atoms with Crippen molar-refractivity contribution in [3.05, 3.63) is 36.4 Å². The third-order valence-corrected chi connectivity index (χ3v) is 7.04. The van der Waals surface area contributed by atoms with E-state index in [1.165, 1.54) is 50.6 Å². The minimum absolute atomic E-state index is 0.00208. The second-order valence-corrected chi connectivity index (χ2v) is 9.72. The molecule has 0 aromatic heterocycles. The predicted octanol–water partition coefficient (Wildman–Crippen LogP) is 1.70. The Bertz CT molecular complexity index is 1080. The van der Waals surface area contributed by atoms with Gasteiger partial charge in [0.2, 0.25) is 0 Å². The zero-order valence-corrected chi connectivity index (χ0v) is 16.6. The Kier molecular flexibility index (Phi) is 4.96. The summed E-state index contributed by atoms with van der Waals surface area (Å²) in [5.41, 5.74) is 0.180. The van der Waals surface area contributed by atoms with Gasteiger partial charge in [-0.25, -0.2) is 16.8 Å². The average Bonchev–Trinajstić information content (AvgIpc) is 2.65. The zero-order chi connectivity index (χ0) is 19.8. The number of rotatable bonds is 5. The van der Waals surface area contributed by atoms with Crippen LogP contribution in [0.2, 0.25) is 0 Å². The van der Waals surface area contributed by atoms with E-state index in [1.807, 2.05) is 0 Å². The summed E-state index contributed by atoms with van der Waals surface area (Å²) >= 11 is 0. The van der Waals surface area contributed by atoms with Gasteiger partial charge in [-0.15, -0.1) is 0 Å². The van der Waals surface area contributed by atoms with Gasteiger partial charge in [0, 0.05) is 12.3 Å². The molecule has 0 aliphatic carbocycles. The van der Waals surface area contributed by atoms with Crippen molar-refractivity contribution in [1.29, 1.82) is 0 Å². The molecule has 0 amide bonds. The highest BCUT2D eigenvalue weighted by Gasteiger charge is 2.31. The standard InChI is InChI=1S/C17H19NO7S2/c1-23-16-7-5-13(11-17(16)24-2)27(21,22)18-8-9-25-15-6-4-12(10-14(15)18)26(3,19)20/h4-7,10-11H,8-9H2,1-3H3. The van der Waals surface area contributed by atoms with Crippen LogP contribution in [-0.4, -0.2) is 50.5 Å². The number of anilines is 1. The van der Waals surface area contributed by atoms with Crippen LogP contribution < -0.4 is 18.5 Å². The predicted molar refractivity (Wildman–Crippen MR) is 99.1 cm³/mol. The average molecular weight is 413 g/mol. The Hall–Kier alpha value is -2.46. The second kappa shape index (κ2) is 6.93. The van der Waals surface area contributed by atoms with Gasteiger partial charge in [0.1, 0.15) is 12.4 Å². The molecule has 0 fully saturated rings. The number of benzene rings is 2. The molecule has 10 heteroatoms. The molecule has 0 N–H and O–H groups in total. The maximum absolute atomic E-state index is 13.2. The molecule has 2 aromatic rings. The van der Waals surface area contributed by atoms with E-state index in [0.717, 1.165) is 10.6 Å². The van der Waals surface area contributed by atoms with Crippen LogP contribution in [0.15, 0.2) is 46.2 Å². The molecule has 0 bridgehead atoms. The lowest BCUT2D eigenvalue weighted by Crippen LogP contribution is -2.38. The van der Waals surface area contributed by atoms with Gasteiger partial charge in [0.15, 0.2) is 21.3 Å². The van der Waals surface area contributed by atoms with E-state index in [4.69, 9.17) is 14.2 Å². The topological polar surface area (TPSA) is 99.2 Å². The van der Waals surface area contributed by atoms with E-state index in [0.29, 0.717) is 11.5 Å². The Labute approximate surface area is 158 Å². The van der Waals surface area contributed by atoms with Crippen LogP contribution in [0.5, 0.6) is 17.2 Å². The van der Waals surface area contributed by atoms with Crippen LogP contribution in [0.25, 0.3) is 0 Å². The molecular weight excluding hydrogens is 394 g/mol. The molecule has 0 unspecified atom stereocenters. The molecule has 2 aromatic carbocycles. The largest absolute Gasteiger partial charge is 0.493 e. The Morgan fingerprint density at radius 3 is 2.22 bits per heavy atom. The molecule has 0 saturated heterocycles. The van der Waals surface area contributed by atoms with Gasteiger partial charge in [-0.05, 0) is 30.3 Å². The number of methoxy groups -OCH3 is 2. The van der Waals surface area contributed by atoms with Gasteiger partial charge < -0.3 is 14.2 Å². The van der Waals surface area contributed by atoms with Crippen molar-refractivity contribution in [2.75, 3.05) is 37.9 Å². The van der Waals surface area contributed by atoms with Crippen molar-refractivity contribution in [3.8, 4) is 17.2 Å². The van der Waals surface area contributed by atoms with Crippen molar-refractivity contribution in [2.24, 2.45) is 0 Å². The van der Waals surface area contributed by atoms with Gasteiger partial charge in [0.25, 0.3) is 10.0 Å². The van der Waals surface area contributed by atoms with E-state index in [2.05, 4.69) is 0 Å². The number of sulfonamides is 1. The molecule has 1 heterocycles. The Morgan fingerprint density at radius 2 is 1.59 bits per heavy atom. The second-order valence-electron chi connectivity index (χ2n) is 5.84. The SMILES string of the molecule is COc1ccc(S(=O)(=O)N2CCOc3ccc(S(C)(=O)=O)cc32)cc1OC. The van der Waals surface area contributed by atoms with Crippen LogP contribution in [0, 0.1) is 0 Å². The normalized spacial score (nSPS) is 14.3. The van der Waals surface area contributed by atoms with E-state index in [1.54, 1.807) is 0 Å². The number of ether oxygens (including phenoxy) is 3. The van der Waals surface area contributed by atoms with E-state index in [9.17, 15) is 16.8 Å². The van der Waals surface area contributed by atoms with Crippen LogP contribution in [0.3, 0.4) is 0 Å². The number of hydrogen-bond donors (Lipinski definition) is 0. The Balaban J connectivity index is 2.12. The van der Waals surface area contributed by atoms with E-state index < -0.39 is 19.9 Å². The molecular formula is C17H19NO7S2. The van der Waals surface area contributed by atoms with Crippen LogP contribution >= 0.6 is 0 Å². The highest BCUT2D eigenvalue weighted by molar-refractivity contribution is 7.93. The fraction of sp³-hybridized carbons (Fsp3) is 0.294. The van der Waals surface area contributed by atoms with Gasteiger partial charge in [-0.2, -0.15) is 0 Å². The fourth-order valence-corrected chi connectivity index (χ4v) is 4.87. The summed E-state index contributed by atoms with van der Waals surface area (Å²) in [7, 11) is -4.61. The Morgan fingerprint density at radius 1 is 0.926 bits per heavy atom. The van der Waals surface area contributed by atoms with E-state index >= 15 is 0 Å². The summed E-state index contributed by atoms with van der Waals surface area (Å²) < 4.78 is 67.1. The van der Waals surface area contributed by atoms with Crippen molar-refractivity contribution >= 4 is 25.5 Å². The molecule has 0 spiro atoms. The van der Waals surface area contributed by atoms with Gasteiger partial charge in [0.05, 0.1) is 36.2 Å². The number of nitrogens with zero attached hydrogens (tertiary/aromatic N) is 1. The molecule has 1 aliphatic heterocycles. The molecule has 1 aliphatic rings. The lowest BCUT2D eigenvalue weighted by Gasteiger charge is -2.30. The highest BCUT2D eigenvalue weighted by Crippen LogP contribution is 2.38. The minimum Gasteiger partial charge on any atom is -0.493 e. The maximum atomic E-state index is 13.2. The fourth-order valence-electron chi connectivity index (χ4n) is 2.76. The summed E-state index contributed by atoms with van der Waals surface area (Å²) in [5, 5.41) is 0.